The minimum absolute atomic E-state index is 0.0394. The van der Waals surface area contributed by atoms with E-state index in [1.54, 1.807) is 4.90 Å². The maximum absolute atomic E-state index is 12.1. The molecule has 0 aromatic rings. The highest BCUT2D eigenvalue weighted by molar-refractivity contribution is 7.80. The monoisotopic (exact) mass is 216 g/mol. The summed E-state index contributed by atoms with van der Waals surface area (Å²) >= 11 is 4.95. The molecular weight excluding hydrogens is 196 g/mol. The van der Waals surface area contributed by atoms with Gasteiger partial charge in [-0.15, -0.1) is 0 Å². The predicted octanol–water partition coefficient (Wildman–Crippen LogP) is 1.56. The number of carbonyl (C=O) groups is 1. The third kappa shape index (κ3) is 2.44. The second-order valence-electron chi connectivity index (χ2n) is 3.53. The van der Waals surface area contributed by atoms with Crippen LogP contribution in [0.15, 0.2) is 0 Å². The molecule has 0 spiro atoms. The molecule has 0 fully saturated rings. The summed E-state index contributed by atoms with van der Waals surface area (Å²) in [6.07, 6.45) is 0.650. The molecule has 0 aromatic carbocycles. The van der Waals surface area contributed by atoms with Crippen LogP contribution in [0.1, 0.15) is 34.1 Å². The zero-order chi connectivity index (χ0) is 11.4. The highest BCUT2D eigenvalue weighted by Crippen LogP contribution is 2.24. The van der Waals surface area contributed by atoms with Crippen LogP contribution in [0.4, 0.5) is 0 Å². The maximum Gasteiger partial charge on any atom is 0.235 e. The Kier molecular flexibility index (Phi) is 5.05. The second-order valence-corrected chi connectivity index (χ2v) is 3.97. The SMILES string of the molecule is CCN(CC)C(=O)C(C)(CC)C(N)=S. The Morgan fingerprint density at radius 3 is 2.00 bits per heavy atom. The lowest BCUT2D eigenvalue weighted by Gasteiger charge is -2.31. The third-order valence-corrected chi connectivity index (χ3v) is 3.22. The minimum atomic E-state index is -0.679. The number of nitrogens with zero attached hydrogens (tertiary/aromatic N) is 1. The molecule has 0 radical (unpaired) electrons. The summed E-state index contributed by atoms with van der Waals surface area (Å²) in [6, 6.07) is 0. The molecule has 1 amide bonds. The van der Waals surface area contributed by atoms with Crippen molar-refractivity contribution in [3.05, 3.63) is 0 Å². The summed E-state index contributed by atoms with van der Waals surface area (Å²) in [7, 11) is 0. The number of rotatable bonds is 5. The number of amides is 1. The first kappa shape index (κ1) is 13.4. The van der Waals surface area contributed by atoms with E-state index >= 15 is 0 Å². The normalized spacial score (nSPS) is 14.6. The maximum atomic E-state index is 12.1. The van der Waals surface area contributed by atoms with Crippen molar-refractivity contribution in [2.24, 2.45) is 11.1 Å². The number of thiocarbonyl (C=S) groups is 1. The number of hydrogen-bond acceptors (Lipinski definition) is 2. The number of nitrogens with two attached hydrogens (primary N) is 1. The van der Waals surface area contributed by atoms with Gasteiger partial charge in [0.2, 0.25) is 5.91 Å². The van der Waals surface area contributed by atoms with Crippen molar-refractivity contribution < 1.29 is 4.79 Å². The zero-order valence-electron chi connectivity index (χ0n) is 9.46. The van der Waals surface area contributed by atoms with Crippen LogP contribution in [-0.4, -0.2) is 28.9 Å². The highest BCUT2D eigenvalue weighted by Gasteiger charge is 2.36. The Bertz CT molecular complexity index is 226. The summed E-state index contributed by atoms with van der Waals surface area (Å²) in [6.45, 7) is 9.06. The van der Waals surface area contributed by atoms with E-state index in [9.17, 15) is 4.79 Å². The van der Waals surface area contributed by atoms with E-state index in [2.05, 4.69) is 0 Å². The van der Waals surface area contributed by atoms with Crippen LogP contribution in [0.2, 0.25) is 0 Å². The van der Waals surface area contributed by atoms with Gasteiger partial charge < -0.3 is 10.6 Å². The van der Waals surface area contributed by atoms with Crippen molar-refractivity contribution in [3.8, 4) is 0 Å². The molecule has 0 aromatic heterocycles. The molecule has 4 heteroatoms. The molecular formula is C10H20N2OS. The van der Waals surface area contributed by atoms with Gasteiger partial charge in [-0.05, 0) is 27.2 Å². The molecule has 0 saturated heterocycles. The first-order valence-electron chi connectivity index (χ1n) is 5.03. The van der Waals surface area contributed by atoms with Gasteiger partial charge in [0, 0.05) is 13.1 Å². The van der Waals surface area contributed by atoms with Gasteiger partial charge in [0.1, 0.15) is 0 Å². The number of carbonyl (C=O) groups excluding carboxylic acids is 1. The van der Waals surface area contributed by atoms with E-state index in [4.69, 9.17) is 18.0 Å². The molecule has 0 aliphatic heterocycles. The lowest BCUT2D eigenvalue weighted by molar-refractivity contribution is -0.137. The highest BCUT2D eigenvalue weighted by atomic mass is 32.1. The molecule has 2 N–H and O–H groups in total. The van der Waals surface area contributed by atoms with E-state index in [-0.39, 0.29) is 10.9 Å². The fourth-order valence-corrected chi connectivity index (χ4v) is 1.52. The van der Waals surface area contributed by atoms with Crippen LogP contribution in [0.5, 0.6) is 0 Å². The Morgan fingerprint density at radius 1 is 1.36 bits per heavy atom. The minimum Gasteiger partial charge on any atom is -0.392 e. The van der Waals surface area contributed by atoms with E-state index < -0.39 is 5.41 Å². The van der Waals surface area contributed by atoms with Crippen LogP contribution < -0.4 is 5.73 Å². The smallest absolute Gasteiger partial charge is 0.235 e. The fraction of sp³-hybridized carbons (Fsp3) is 0.800. The van der Waals surface area contributed by atoms with Crippen LogP contribution in [0.3, 0.4) is 0 Å². The largest absolute Gasteiger partial charge is 0.392 e. The first-order chi connectivity index (χ1) is 6.43. The first-order valence-corrected chi connectivity index (χ1v) is 5.44. The zero-order valence-corrected chi connectivity index (χ0v) is 10.3. The summed E-state index contributed by atoms with van der Waals surface area (Å²) < 4.78 is 0. The standard InChI is InChI=1S/C10H20N2OS/c1-5-10(4,8(11)14)9(13)12(6-2)7-3/h5-7H2,1-4H3,(H2,11,14). The van der Waals surface area contributed by atoms with E-state index in [1.165, 1.54) is 0 Å². The number of hydrogen-bond donors (Lipinski definition) is 1. The molecule has 0 aliphatic rings. The van der Waals surface area contributed by atoms with Crippen molar-refractivity contribution in [1.82, 2.24) is 4.90 Å². The van der Waals surface area contributed by atoms with E-state index in [0.717, 1.165) is 0 Å². The Balaban J connectivity index is 4.86. The summed E-state index contributed by atoms with van der Waals surface area (Å²) in [5.41, 5.74) is 4.93. The van der Waals surface area contributed by atoms with Crippen LogP contribution in [0, 0.1) is 5.41 Å². The molecule has 0 heterocycles. The van der Waals surface area contributed by atoms with Gasteiger partial charge in [-0.3, -0.25) is 4.79 Å². The van der Waals surface area contributed by atoms with Gasteiger partial charge in [-0.2, -0.15) is 0 Å². The average Bonchev–Trinajstić information content (AvgIpc) is 2.17. The summed E-state index contributed by atoms with van der Waals surface area (Å²) in [5, 5.41) is 0. The Morgan fingerprint density at radius 2 is 1.79 bits per heavy atom. The summed E-state index contributed by atoms with van der Waals surface area (Å²) in [5.74, 6) is 0.0394. The van der Waals surface area contributed by atoms with Gasteiger partial charge in [0.25, 0.3) is 0 Å². The van der Waals surface area contributed by atoms with Crippen molar-refractivity contribution in [2.75, 3.05) is 13.1 Å². The van der Waals surface area contributed by atoms with Crippen molar-refractivity contribution in [2.45, 2.75) is 34.1 Å². The molecule has 0 saturated carbocycles. The molecule has 3 nitrogen and oxygen atoms in total. The molecule has 0 rings (SSSR count). The fourth-order valence-electron chi connectivity index (χ4n) is 1.29. The second kappa shape index (κ2) is 5.29. The lowest BCUT2D eigenvalue weighted by atomic mass is 9.86. The van der Waals surface area contributed by atoms with Gasteiger partial charge in [0.15, 0.2) is 0 Å². The Hall–Kier alpha value is -0.640. The third-order valence-electron chi connectivity index (χ3n) is 2.77. The molecule has 0 bridgehead atoms. The molecule has 14 heavy (non-hydrogen) atoms. The van der Waals surface area contributed by atoms with Crippen LogP contribution >= 0.6 is 12.2 Å². The predicted molar refractivity (Wildman–Crippen MR) is 63.1 cm³/mol. The molecule has 82 valence electrons. The van der Waals surface area contributed by atoms with Crippen molar-refractivity contribution in [1.29, 1.82) is 0 Å². The van der Waals surface area contributed by atoms with Gasteiger partial charge >= 0.3 is 0 Å². The van der Waals surface area contributed by atoms with Gasteiger partial charge in [-0.25, -0.2) is 0 Å². The van der Waals surface area contributed by atoms with Crippen LogP contribution in [-0.2, 0) is 4.79 Å². The molecule has 1 atom stereocenters. The average molecular weight is 216 g/mol. The molecule has 1 unspecified atom stereocenters. The van der Waals surface area contributed by atoms with Crippen molar-refractivity contribution in [3.63, 3.8) is 0 Å². The quantitative estimate of drug-likeness (QED) is 0.709. The van der Waals surface area contributed by atoms with Crippen LogP contribution in [0.25, 0.3) is 0 Å². The summed E-state index contributed by atoms with van der Waals surface area (Å²) in [4.78, 5) is 14.1. The Labute approximate surface area is 91.6 Å². The topological polar surface area (TPSA) is 46.3 Å². The van der Waals surface area contributed by atoms with E-state index in [0.29, 0.717) is 19.5 Å². The van der Waals surface area contributed by atoms with Gasteiger partial charge in [0.05, 0.1) is 10.4 Å². The van der Waals surface area contributed by atoms with Gasteiger partial charge in [-0.1, -0.05) is 19.1 Å². The lowest BCUT2D eigenvalue weighted by Crippen LogP contribution is -2.48. The molecule has 0 aliphatic carbocycles. The van der Waals surface area contributed by atoms with E-state index in [1.807, 2.05) is 27.7 Å². The van der Waals surface area contributed by atoms with Crippen molar-refractivity contribution >= 4 is 23.1 Å².